The molecule has 5 rings (SSSR count). The van der Waals surface area contributed by atoms with Gasteiger partial charge in [0.2, 0.25) is 0 Å². The Hall–Kier alpha value is -3.45. The molecule has 0 saturated carbocycles. The molecule has 7 heteroatoms. The van der Waals surface area contributed by atoms with E-state index in [-0.39, 0.29) is 23.9 Å². The number of amides is 2. The molecule has 7 nitrogen and oxygen atoms in total. The van der Waals surface area contributed by atoms with E-state index in [1.54, 1.807) is 13.8 Å². The fourth-order valence-corrected chi connectivity index (χ4v) is 5.14. The number of hydrogen-bond acceptors (Lipinski definition) is 5. The van der Waals surface area contributed by atoms with Gasteiger partial charge in [0.05, 0.1) is 5.69 Å². The summed E-state index contributed by atoms with van der Waals surface area (Å²) in [4.78, 5) is 30.6. The highest BCUT2D eigenvalue weighted by Gasteiger charge is 2.39. The largest absolute Gasteiger partial charge is 0.361 e. The molecule has 0 bridgehead atoms. The van der Waals surface area contributed by atoms with Gasteiger partial charge in [-0.15, -0.1) is 0 Å². The zero-order chi connectivity index (χ0) is 22.9. The van der Waals surface area contributed by atoms with Crippen LogP contribution in [-0.4, -0.2) is 47.0 Å². The van der Waals surface area contributed by atoms with E-state index in [1.165, 1.54) is 0 Å². The number of nitrogens with zero attached hydrogens (tertiary/aromatic N) is 3. The second-order valence-corrected chi connectivity index (χ2v) is 8.88. The number of nitrogens with one attached hydrogen (secondary N) is 1. The maximum absolute atomic E-state index is 13.4. The van der Waals surface area contributed by atoms with E-state index >= 15 is 0 Å². The summed E-state index contributed by atoms with van der Waals surface area (Å²) in [6.07, 6.45) is 1.96. The topological polar surface area (TPSA) is 78.7 Å². The third-order valence-electron chi connectivity index (χ3n) is 6.82. The fraction of sp³-hybridized carbons (Fsp3) is 0.346. The van der Waals surface area contributed by atoms with Crippen LogP contribution in [0.25, 0.3) is 0 Å². The van der Waals surface area contributed by atoms with Gasteiger partial charge in [-0.05, 0) is 50.5 Å². The van der Waals surface area contributed by atoms with Crippen LogP contribution in [0.4, 0.5) is 5.69 Å². The lowest BCUT2D eigenvalue weighted by Crippen LogP contribution is -2.46. The Morgan fingerprint density at radius 2 is 1.82 bits per heavy atom. The molecule has 0 unspecified atom stereocenters. The van der Waals surface area contributed by atoms with Gasteiger partial charge in [-0.2, -0.15) is 0 Å². The molecular formula is C26H28N4O3. The first-order valence-corrected chi connectivity index (χ1v) is 11.4. The SMILES string of the molecule is Cc1noc(C)c1C(=O)NC[C@@H]1CC[C@H]2CN(C(=O)c3ccccc3)c3ccccc3CN12. The summed E-state index contributed by atoms with van der Waals surface area (Å²) < 4.78 is 5.14. The first-order valence-electron chi connectivity index (χ1n) is 11.4. The van der Waals surface area contributed by atoms with Crippen LogP contribution in [0.1, 0.15) is 50.6 Å². The first-order chi connectivity index (χ1) is 16.0. The fourth-order valence-electron chi connectivity index (χ4n) is 5.14. The number of hydrogen-bond donors (Lipinski definition) is 1. The standard InChI is InChI=1S/C26H28N4O3/c1-17-24(18(2)33-28-17)25(31)27-14-21-12-13-22-16-30(26(32)19-8-4-3-5-9-19)23-11-7-6-10-20(23)15-29(21)22/h3-11,21-22H,12-16H2,1-2H3,(H,27,31)/t21-,22-/m0/s1. The van der Waals surface area contributed by atoms with Crippen LogP contribution >= 0.6 is 0 Å². The van der Waals surface area contributed by atoms with E-state index in [1.807, 2.05) is 53.4 Å². The van der Waals surface area contributed by atoms with Crippen LogP contribution in [0.5, 0.6) is 0 Å². The Balaban J connectivity index is 1.36. The molecule has 1 N–H and O–H groups in total. The van der Waals surface area contributed by atoms with E-state index in [0.717, 1.165) is 30.6 Å². The van der Waals surface area contributed by atoms with Crippen molar-refractivity contribution in [1.82, 2.24) is 15.4 Å². The van der Waals surface area contributed by atoms with E-state index in [9.17, 15) is 9.59 Å². The molecule has 1 fully saturated rings. The van der Waals surface area contributed by atoms with Crippen molar-refractivity contribution in [2.24, 2.45) is 0 Å². The van der Waals surface area contributed by atoms with Crippen LogP contribution in [0.2, 0.25) is 0 Å². The van der Waals surface area contributed by atoms with Crippen LogP contribution < -0.4 is 10.2 Å². The number of carbonyl (C=O) groups is 2. The quantitative estimate of drug-likeness (QED) is 0.664. The third kappa shape index (κ3) is 4.04. The maximum Gasteiger partial charge on any atom is 0.258 e. The van der Waals surface area contributed by atoms with E-state index < -0.39 is 0 Å². The monoisotopic (exact) mass is 444 g/mol. The lowest BCUT2D eigenvalue weighted by molar-refractivity contribution is 0.0932. The molecule has 3 heterocycles. The molecule has 2 amide bonds. The lowest BCUT2D eigenvalue weighted by Gasteiger charge is -2.29. The van der Waals surface area contributed by atoms with Crippen molar-refractivity contribution < 1.29 is 14.1 Å². The molecule has 2 aromatic carbocycles. The summed E-state index contributed by atoms with van der Waals surface area (Å²) in [5, 5.41) is 6.97. The number of anilines is 1. The van der Waals surface area contributed by atoms with Gasteiger partial charge in [0.25, 0.3) is 11.8 Å². The van der Waals surface area contributed by atoms with Crippen molar-refractivity contribution in [2.45, 2.75) is 45.3 Å². The molecule has 0 aliphatic carbocycles. The predicted octanol–water partition coefficient (Wildman–Crippen LogP) is 3.71. The van der Waals surface area contributed by atoms with Gasteiger partial charge in [-0.3, -0.25) is 14.5 Å². The highest BCUT2D eigenvalue weighted by Crippen LogP contribution is 2.35. The molecule has 3 aromatic rings. The Bertz CT molecular complexity index is 1150. The second-order valence-electron chi connectivity index (χ2n) is 8.88. The van der Waals surface area contributed by atoms with Crippen molar-refractivity contribution in [1.29, 1.82) is 0 Å². The summed E-state index contributed by atoms with van der Waals surface area (Å²) >= 11 is 0. The molecule has 0 radical (unpaired) electrons. The van der Waals surface area contributed by atoms with Crippen LogP contribution in [-0.2, 0) is 6.54 Å². The van der Waals surface area contributed by atoms with Crippen molar-refractivity contribution in [2.75, 3.05) is 18.0 Å². The number of benzene rings is 2. The van der Waals surface area contributed by atoms with E-state index in [2.05, 4.69) is 21.4 Å². The van der Waals surface area contributed by atoms with Crippen molar-refractivity contribution in [3.63, 3.8) is 0 Å². The smallest absolute Gasteiger partial charge is 0.258 e. The van der Waals surface area contributed by atoms with Gasteiger partial charge >= 0.3 is 0 Å². The third-order valence-corrected chi connectivity index (χ3v) is 6.82. The van der Waals surface area contributed by atoms with Crippen LogP contribution in [0, 0.1) is 13.8 Å². The highest BCUT2D eigenvalue weighted by molar-refractivity contribution is 6.06. The Morgan fingerprint density at radius 1 is 1.06 bits per heavy atom. The molecular weight excluding hydrogens is 416 g/mol. The molecule has 2 atom stereocenters. The minimum atomic E-state index is -0.147. The molecule has 33 heavy (non-hydrogen) atoms. The molecule has 1 aromatic heterocycles. The maximum atomic E-state index is 13.4. The van der Waals surface area contributed by atoms with Crippen molar-refractivity contribution >= 4 is 17.5 Å². The number of para-hydroxylation sites is 1. The first kappa shape index (κ1) is 21.4. The molecule has 1 saturated heterocycles. The average molecular weight is 445 g/mol. The van der Waals surface area contributed by atoms with E-state index in [4.69, 9.17) is 4.52 Å². The van der Waals surface area contributed by atoms with Crippen LogP contribution in [0.3, 0.4) is 0 Å². The van der Waals surface area contributed by atoms with Crippen LogP contribution in [0.15, 0.2) is 59.1 Å². The van der Waals surface area contributed by atoms with Gasteiger partial charge in [0.1, 0.15) is 11.3 Å². The number of rotatable bonds is 4. The number of fused-ring (bicyclic) bond motifs is 2. The normalized spacial score (nSPS) is 20.1. The minimum absolute atomic E-state index is 0.0278. The Kier molecular flexibility index (Phi) is 5.72. The highest BCUT2D eigenvalue weighted by atomic mass is 16.5. The summed E-state index contributed by atoms with van der Waals surface area (Å²) in [5.41, 5.74) is 3.92. The van der Waals surface area contributed by atoms with Gasteiger partial charge in [-0.25, -0.2) is 0 Å². The van der Waals surface area contributed by atoms with Crippen molar-refractivity contribution in [3.05, 3.63) is 82.7 Å². The predicted molar refractivity (Wildman–Crippen MR) is 125 cm³/mol. The van der Waals surface area contributed by atoms with Gasteiger partial charge in [-0.1, -0.05) is 41.6 Å². The Morgan fingerprint density at radius 3 is 2.58 bits per heavy atom. The minimum Gasteiger partial charge on any atom is -0.361 e. The van der Waals surface area contributed by atoms with Gasteiger partial charge in [0.15, 0.2) is 0 Å². The molecule has 170 valence electrons. The summed E-state index contributed by atoms with van der Waals surface area (Å²) in [6, 6.07) is 18.1. The average Bonchev–Trinajstić information content (AvgIpc) is 3.32. The number of aromatic nitrogens is 1. The zero-order valence-corrected chi connectivity index (χ0v) is 19.0. The molecule has 2 aliphatic heterocycles. The molecule has 0 spiro atoms. The van der Waals surface area contributed by atoms with Crippen molar-refractivity contribution in [3.8, 4) is 0 Å². The van der Waals surface area contributed by atoms with Gasteiger partial charge in [0, 0.05) is 43.0 Å². The summed E-state index contributed by atoms with van der Waals surface area (Å²) in [7, 11) is 0. The summed E-state index contributed by atoms with van der Waals surface area (Å²) in [6.45, 7) is 5.48. The number of aryl methyl sites for hydroxylation is 2. The Labute approximate surface area is 193 Å². The van der Waals surface area contributed by atoms with E-state index in [0.29, 0.717) is 35.7 Å². The lowest BCUT2D eigenvalue weighted by atomic mass is 10.1. The van der Waals surface area contributed by atoms with Gasteiger partial charge < -0.3 is 14.7 Å². The second kappa shape index (κ2) is 8.83. The zero-order valence-electron chi connectivity index (χ0n) is 19.0. The molecule has 2 aliphatic rings. The summed E-state index contributed by atoms with van der Waals surface area (Å²) in [5.74, 6) is 0.416. The number of carbonyl (C=O) groups excluding carboxylic acids is 2.